The van der Waals surface area contributed by atoms with Gasteiger partial charge in [-0.1, -0.05) is 24.3 Å². The van der Waals surface area contributed by atoms with Crippen molar-refractivity contribution in [1.82, 2.24) is 20.0 Å². The number of H-pyrrole nitrogens is 1. The number of benzene rings is 2. The van der Waals surface area contributed by atoms with Gasteiger partial charge in [-0.15, -0.1) is 0 Å². The number of carbonyl (C=O) groups is 1. The van der Waals surface area contributed by atoms with Crippen LogP contribution in [-0.4, -0.2) is 63.4 Å². The third kappa shape index (κ3) is 4.38. The fourth-order valence-corrected chi connectivity index (χ4v) is 3.79. The maximum Gasteiger partial charge on any atom is 0.449 e. The number of halogens is 4. The van der Waals surface area contributed by atoms with Crippen LogP contribution in [0.15, 0.2) is 47.3 Å². The number of nitrogens with zero attached hydrogens (tertiary/aromatic N) is 3. The topological polar surface area (TPSA) is 117 Å². The maximum atomic E-state index is 14.5. The monoisotopic (exact) mass is 474 g/mol. The summed E-state index contributed by atoms with van der Waals surface area (Å²) in [7, 11) is 0. The minimum absolute atomic E-state index is 0.185. The number of hydrogen-bond acceptors (Lipinski definition) is 5. The van der Waals surface area contributed by atoms with E-state index in [1.165, 1.54) is 12.1 Å². The number of fused-ring (bicyclic) bond motifs is 1. The fraction of sp³-hybridized carbons (Fsp3) is 0.227. The van der Waals surface area contributed by atoms with Crippen LogP contribution >= 0.6 is 0 Å². The number of piperazine rings is 1. The summed E-state index contributed by atoms with van der Waals surface area (Å²) in [6, 6.07) is 10.7. The van der Waals surface area contributed by atoms with E-state index in [0.717, 1.165) is 11.0 Å². The van der Waals surface area contributed by atoms with Gasteiger partial charge < -0.3 is 9.80 Å². The van der Waals surface area contributed by atoms with Gasteiger partial charge in [0.1, 0.15) is 11.7 Å². The van der Waals surface area contributed by atoms with Crippen molar-refractivity contribution in [3.05, 3.63) is 75.5 Å². The Bertz CT molecular complexity index is 1370. The molecule has 4 rings (SSSR count). The molecule has 1 fully saturated rings. The molecule has 3 aromatic rings. The lowest BCUT2D eigenvalue weighted by atomic mass is 10.0. The number of hydrogen-bond donors (Lipinski definition) is 3. The molecule has 0 aliphatic carbocycles. The number of amidine groups is 2. The molecule has 1 aliphatic heterocycles. The predicted octanol–water partition coefficient (Wildman–Crippen LogP) is 2.93. The molecular formula is C22H18F4N6O2. The van der Waals surface area contributed by atoms with Crippen LogP contribution in [-0.2, 0) is 6.42 Å². The van der Waals surface area contributed by atoms with E-state index in [4.69, 9.17) is 10.8 Å². The first kappa shape index (κ1) is 23.1. The van der Waals surface area contributed by atoms with Crippen LogP contribution in [0.4, 0.5) is 17.6 Å². The van der Waals surface area contributed by atoms with Crippen molar-refractivity contribution in [1.29, 1.82) is 10.8 Å². The van der Waals surface area contributed by atoms with Crippen LogP contribution in [0.5, 0.6) is 0 Å². The fourth-order valence-electron chi connectivity index (χ4n) is 3.79. The first-order chi connectivity index (χ1) is 16.1. The summed E-state index contributed by atoms with van der Waals surface area (Å²) in [5, 5.41) is 22.6. The van der Waals surface area contributed by atoms with E-state index in [2.05, 4.69) is 10.2 Å². The standard InChI is InChI=1S/C22H18F4N6O2/c23-16-6-5-12(10-17-13-3-1-2-4-14(13)19(33)30-29-17)9-15(16)20(34)31-7-8-32(18(27)11-31)21(28)22(24,25)26/h1-6,9,27-28H,7-8,10-11H2,(H,30,33). The highest BCUT2D eigenvalue weighted by molar-refractivity contribution is 6.04. The molecule has 12 heteroatoms. The van der Waals surface area contributed by atoms with Gasteiger partial charge in [-0.05, 0) is 23.8 Å². The van der Waals surface area contributed by atoms with E-state index >= 15 is 0 Å². The van der Waals surface area contributed by atoms with Gasteiger partial charge in [-0.25, -0.2) is 9.49 Å². The Morgan fingerprint density at radius 1 is 1.12 bits per heavy atom. The van der Waals surface area contributed by atoms with Gasteiger partial charge in [-0.2, -0.15) is 18.3 Å². The Morgan fingerprint density at radius 2 is 1.82 bits per heavy atom. The van der Waals surface area contributed by atoms with Gasteiger partial charge in [0.15, 0.2) is 0 Å². The lowest BCUT2D eigenvalue weighted by molar-refractivity contribution is -0.0675. The van der Waals surface area contributed by atoms with Crippen LogP contribution < -0.4 is 5.56 Å². The molecule has 0 atom stereocenters. The van der Waals surface area contributed by atoms with Crippen molar-refractivity contribution in [3.8, 4) is 0 Å². The Labute approximate surface area is 189 Å². The number of aromatic nitrogens is 2. The zero-order chi connectivity index (χ0) is 24.6. The minimum atomic E-state index is -4.92. The lowest BCUT2D eigenvalue weighted by Crippen LogP contribution is -2.56. The Morgan fingerprint density at radius 3 is 2.50 bits per heavy atom. The molecule has 1 amide bonds. The molecule has 1 aromatic heterocycles. The number of rotatable bonds is 3. The summed E-state index contributed by atoms with van der Waals surface area (Å²) in [6.45, 7) is -1.11. The molecule has 0 unspecified atom stereocenters. The zero-order valence-corrected chi connectivity index (χ0v) is 17.5. The largest absolute Gasteiger partial charge is 0.449 e. The second-order valence-electron chi connectivity index (χ2n) is 7.71. The van der Waals surface area contributed by atoms with Crippen molar-refractivity contribution in [2.45, 2.75) is 12.6 Å². The van der Waals surface area contributed by atoms with Crippen molar-refractivity contribution in [2.24, 2.45) is 0 Å². The number of amides is 1. The van der Waals surface area contributed by atoms with Gasteiger partial charge in [0.2, 0.25) is 5.84 Å². The second kappa shape index (κ2) is 8.69. The van der Waals surface area contributed by atoms with Crippen LogP contribution in [0.25, 0.3) is 10.8 Å². The van der Waals surface area contributed by atoms with E-state index < -0.39 is 42.7 Å². The van der Waals surface area contributed by atoms with Gasteiger partial charge in [0, 0.05) is 24.9 Å². The van der Waals surface area contributed by atoms with Crippen molar-refractivity contribution in [3.63, 3.8) is 0 Å². The Kier molecular flexibility index (Phi) is 5.90. The van der Waals surface area contributed by atoms with E-state index in [1.54, 1.807) is 24.3 Å². The van der Waals surface area contributed by atoms with Crippen molar-refractivity contribution >= 4 is 28.4 Å². The number of carbonyl (C=O) groups excluding carboxylic acids is 1. The molecule has 34 heavy (non-hydrogen) atoms. The molecule has 176 valence electrons. The summed E-state index contributed by atoms with van der Waals surface area (Å²) in [6.07, 6.45) is -4.73. The molecule has 3 N–H and O–H groups in total. The Hall–Kier alpha value is -4.09. The summed E-state index contributed by atoms with van der Waals surface area (Å²) >= 11 is 0. The third-order valence-corrected chi connectivity index (χ3v) is 5.49. The van der Waals surface area contributed by atoms with Gasteiger partial charge in [0.05, 0.1) is 23.2 Å². The van der Waals surface area contributed by atoms with Gasteiger partial charge in [0.25, 0.3) is 11.5 Å². The Balaban J connectivity index is 1.56. The first-order valence-electron chi connectivity index (χ1n) is 10.1. The molecule has 2 aromatic carbocycles. The number of nitrogens with one attached hydrogen (secondary N) is 3. The molecule has 2 heterocycles. The first-order valence-corrected chi connectivity index (χ1v) is 10.1. The summed E-state index contributed by atoms with van der Waals surface area (Å²) in [4.78, 5) is 26.5. The van der Waals surface area contributed by atoms with Crippen LogP contribution in [0, 0.1) is 16.6 Å². The zero-order valence-electron chi connectivity index (χ0n) is 17.5. The smallest absolute Gasteiger partial charge is 0.329 e. The van der Waals surface area contributed by atoms with E-state index in [9.17, 15) is 27.2 Å². The van der Waals surface area contributed by atoms with Crippen molar-refractivity contribution in [2.75, 3.05) is 19.6 Å². The highest BCUT2D eigenvalue weighted by atomic mass is 19.4. The molecule has 0 spiro atoms. The average molecular weight is 474 g/mol. The van der Waals surface area contributed by atoms with Gasteiger partial charge in [-0.3, -0.25) is 20.4 Å². The van der Waals surface area contributed by atoms with Crippen LogP contribution in [0.1, 0.15) is 21.6 Å². The van der Waals surface area contributed by atoms with E-state index in [0.29, 0.717) is 26.9 Å². The normalized spacial score (nSPS) is 14.5. The maximum absolute atomic E-state index is 14.5. The average Bonchev–Trinajstić information content (AvgIpc) is 2.80. The second-order valence-corrected chi connectivity index (χ2v) is 7.71. The molecule has 1 saturated heterocycles. The third-order valence-electron chi connectivity index (χ3n) is 5.49. The minimum Gasteiger partial charge on any atom is -0.329 e. The van der Waals surface area contributed by atoms with Crippen molar-refractivity contribution < 1.29 is 22.4 Å². The van der Waals surface area contributed by atoms with E-state index in [1.807, 2.05) is 0 Å². The highest BCUT2D eigenvalue weighted by Crippen LogP contribution is 2.23. The number of alkyl halides is 3. The molecule has 1 aliphatic rings. The van der Waals surface area contributed by atoms with Crippen LogP contribution in [0.3, 0.4) is 0 Å². The number of aromatic amines is 1. The molecule has 0 radical (unpaired) electrons. The van der Waals surface area contributed by atoms with Gasteiger partial charge >= 0.3 is 6.18 Å². The van der Waals surface area contributed by atoms with Crippen LogP contribution in [0.2, 0.25) is 0 Å². The summed E-state index contributed by atoms with van der Waals surface area (Å²) in [5.74, 6) is -3.85. The molecular weight excluding hydrogens is 456 g/mol. The lowest BCUT2D eigenvalue weighted by Gasteiger charge is -2.36. The molecule has 0 saturated carbocycles. The molecule has 8 nitrogen and oxygen atoms in total. The quantitative estimate of drug-likeness (QED) is 0.307. The highest BCUT2D eigenvalue weighted by Gasteiger charge is 2.41. The SMILES string of the molecule is N=C1CN(C(=O)c2cc(Cc3n[nH]c(=O)c4ccccc34)ccc2F)CCN1C(=N)C(F)(F)F. The summed E-state index contributed by atoms with van der Waals surface area (Å²) in [5.41, 5.74) is 0.399. The van der Waals surface area contributed by atoms with E-state index in [-0.39, 0.29) is 24.1 Å². The predicted molar refractivity (Wildman–Crippen MR) is 116 cm³/mol. The molecule has 0 bridgehead atoms. The summed E-state index contributed by atoms with van der Waals surface area (Å²) < 4.78 is 52.9.